The highest BCUT2D eigenvalue weighted by atomic mass is 16.1. The maximum atomic E-state index is 11.4. The zero-order valence-corrected chi connectivity index (χ0v) is 8.07. The molecule has 0 saturated heterocycles. The summed E-state index contributed by atoms with van der Waals surface area (Å²) in [6, 6.07) is 5.59. The molecule has 72 valence electrons. The lowest BCUT2D eigenvalue weighted by molar-refractivity contribution is -0.118. The van der Waals surface area contributed by atoms with Crippen LogP contribution in [0.2, 0.25) is 0 Å². The Morgan fingerprint density at radius 3 is 3.00 bits per heavy atom. The van der Waals surface area contributed by atoms with E-state index in [1.165, 1.54) is 0 Å². The van der Waals surface area contributed by atoms with Gasteiger partial charge in [-0.25, -0.2) is 0 Å². The first-order valence-electron chi connectivity index (χ1n) is 4.68. The molecule has 0 N–H and O–H groups in total. The van der Waals surface area contributed by atoms with Crippen LogP contribution in [0.25, 0.3) is 0 Å². The Morgan fingerprint density at radius 2 is 2.36 bits per heavy atom. The predicted octanol–water partition coefficient (Wildman–Crippen LogP) is 2.00. The fourth-order valence-electron chi connectivity index (χ4n) is 1.18. The van der Waals surface area contributed by atoms with E-state index in [1.54, 1.807) is 6.20 Å². The van der Waals surface area contributed by atoms with Crippen LogP contribution in [0.15, 0.2) is 24.4 Å². The van der Waals surface area contributed by atoms with Gasteiger partial charge in [-0.1, -0.05) is 6.07 Å². The van der Waals surface area contributed by atoms with Gasteiger partial charge in [-0.2, -0.15) is 0 Å². The van der Waals surface area contributed by atoms with Crippen LogP contribution in [0.4, 0.5) is 0 Å². The highest BCUT2D eigenvalue weighted by Crippen LogP contribution is 2.01. The molecule has 0 aromatic carbocycles. The molecule has 1 heterocycles. The van der Waals surface area contributed by atoms with Gasteiger partial charge >= 0.3 is 0 Å². The maximum Gasteiger partial charge on any atom is 0.138 e. The van der Waals surface area contributed by atoms with Gasteiger partial charge in [-0.05, 0) is 18.6 Å². The average molecular weight is 187 g/mol. The number of rotatable bonds is 5. The van der Waals surface area contributed by atoms with E-state index in [0.717, 1.165) is 12.1 Å². The summed E-state index contributed by atoms with van der Waals surface area (Å²) in [7, 11) is 0. The molecule has 0 unspecified atom stereocenters. The predicted molar refractivity (Wildman–Crippen MR) is 55.6 cm³/mol. The normalized spacial score (nSPS) is 9.36. The van der Waals surface area contributed by atoms with E-state index in [9.17, 15) is 4.79 Å². The van der Waals surface area contributed by atoms with Crippen molar-refractivity contribution in [3.8, 4) is 12.3 Å². The molecule has 1 aromatic heterocycles. The van der Waals surface area contributed by atoms with Gasteiger partial charge in [-0.15, -0.1) is 12.3 Å². The first-order chi connectivity index (χ1) is 6.83. The Bertz CT molecular complexity index is 324. The second kappa shape index (κ2) is 5.93. The minimum absolute atomic E-state index is 0.207. The molecule has 14 heavy (non-hydrogen) atoms. The molecule has 1 aromatic rings. The number of hydrogen-bond acceptors (Lipinski definition) is 2. The average Bonchev–Trinajstić information content (AvgIpc) is 2.20. The van der Waals surface area contributed by atoms with Crippen molar-refractivity contribution in [1.82, 2.24) is 4.98 Å². The molecule has 0 saturated carbocycles. The summed E-state index contributed by atoms with van der Waals surface area (Å²) in [5, 5.41) is 0. The van der Waals surface area contributed by atoms with E-state index in [-0.39, 0.29) is 5.78 Å². The first-order valence-corrected chi connectivity index (χ1v) is 4.68. The van der Waals surface area contributed by atoms with Gasteiger partial charge in [0.25, 0.3) is 0 Å². The lowest BCUT2D eigenvalue weighted by Crippen LogP contribution is -2.03. The third-order valence-electron chi connectivity index (χ3n) is 1.88. The second-order valence-electron chi connectivity index (χ2n) is 3.09. The fraction of sp³-hybridized carbons (Fsp3) is 0.333. The number of pyridine rings is 1. The number of terminal acetylenes is 1. The van der Waals surface area contributed by atoms with Crippen molar-refractivity contribution in [1.29, 1.82) is 0 Å². The maximum absolute atomic E-state index is 11.4. The third-order valence-corrected chi connectivity index (χ3v) is 1.88. The van der Waals surface area contributed by atoms with Crippen molar-refractivity contribution in [3.05, 3.63) is 30.1 Å². The number of nitrogens with zero attached hydrogens (tertiary/aromatic N) is 1. The van der Waals surface area contributed by atoms with Gasteiger partial charge in [0, 0.05) is 31.2 Å². The molecule has 0 bridgehead atoms. The summed E-state index contributed by atoms with van der Waals surface area (Å²) in [5.41, 5.74) is 0.832. The molecule has 0 aliphatic carbocycles. The highest BCUT2D eigenvalue weighted by molar-refractivity contribution is 5.80. The molecule has 0 spiro atoms. The van der Waals surface area contributed by atoms with Gasteiger partial charge in [0.2, 0.25) is 0 Å². The van der Waals surface area contributed by atoms with Crippen LogP contribution in [-0.4, -0.2) is 10.8 Å². The smallest absolute Gasteiger partial charge is 0.138 e. The number of ketones is 1. The summed E-state index contributed by atoms with van der Waals surface area (Å²) in [4.78, 5) is 15.5. The number of carbonyl (C=O) groups is 1. The molecule has 0 aliphatic rings. The van der Waals surface area contributed by atoms with E-state index >= 15 is 0 Å². The van der Waals surface area contributed by atoms with Gasteiger partial charge < -0.3 is 0 Å². The molecule has 1 rings (SSSR count). The quantitative estimate of drug-likeness (QED) is 0.521. The fourth-order valence-corrected chi connectivity index (χ4v) is 1.18. The van der Waals surface area contributed by atoms with Crippen molar-refractivity contribution >= 4 is 5.78 Å². The van der Waals surface area contributed by atoms with Gasteiger partial charge in [0.05, 0.1) is 0 Å². The van der Waals surface area contributed by atoms with Crippen LogP contribution in [-0.2, 0) is 11.2 Å². The standard InChI is InChI=1S/C12H13NO/c1-2-3-4-8-12(14)10-11-7-5-6-9-13-11/h1,5-7,9H,3-4,8,10H2. The van der Waals surface area contributed by atoms with E-state index in [1.807, 2.05) is 18.2 Å². The Labute approximate surface area is 84.4 Å². The van der Waals surface area contributed by atoms with Crippen LogP contribution >= 0.6 is 0 Å². The number of aromatic nitrogens is 1. The molecule has 0 atom stereocenters. The molecule has 2 nitrogen and oxygen atoms in total. The van der Waals surface area contributed by atoms with E-state index in [4.69, 9.17) is 6.42 Å². The third kappa shape index (κ3) is 3.86. The number of unbranched alkanes of at least 4 members (excludes halogenated alkanes) is 1. The SMILES string of the molecule is C#CCCCC(=O)Cc1ccccn1. The van der Waals surface area contributed by atoms with Crippen LogP contribution in [0.1, 0.15) is 25.0 Å². The molecule has 0 radical (unpaired) electrons. The Hall–Kier alpha value is -1.62. The highest BCUT2D eigenvalue weighted by Gasteiger charge is 2.03. The topological polar surface area (TPSA) is 30.0 Å². The Morgan fingerprint density at radius 1 is 1.50 bits per heavy atom. The largest absolute Gasteiger partial charge is 0.299 e. The zero-order chi connectivity index (χ0) is 10.2. The number of carbonyl (C=O) groups excluding carboxylic acids is 1. The van der Waals surface area contributed by atoms with Crippen molar-refractivity contribution in [2.24, 2.45) is 0 Å². The van der Waals surface area contributed by atoms with E-state index in [2.05, 4.69) is 10.9 Å². The number of Topliss-reactive ketones (excluding diaryl/α,β-unsaturated/α-hetero) is 1. The Kier molecular flexibility index (Phi) is 4.43. The van der Waals surface area contributed by atoms with Crippen molar-refractivity contribution in [3.63, 3.8) is 0 Å². The van der Waals surface area contributed by atoms with Crippen LogP contribution < -0.4 is 0 Å². The van der Waals surface area contributed by atoms with Gasteiger partial charge in [0.15, 0.2) is 0 Å². The zero-order valence-electron chi connectivity index (χ0n) is 8.07. The van der Waals surface area contributed by atoms with E-state index in [0.29, 0.717) is 19.3 Å². The number of hydrogen-bond donors (Lipinski definition) is 0. The van der Waals surface area contributed by atoms with E-state index < -0.39 is 0 Å². The van der Waals surface area contributed by atoms with Crippen molar-refractivity contribution in [2.75, 3.05) is 0 Å². The lowest BCUT2D eigenvalue weighted by atomic mass is 10.1. The minimum atomic E-state index is 0.207. The first kappa shape index (κ1) is 10.5. The lowest BCUT2D eigenvalue weighted by Gasteiger charge is -1.98. The van der Waals surface area contributed by atoms with Gasteiger partial charge in [0.1, 0.15) is 5.78 Å². The van der Waals surface area contributed by atoms with Gasteiger partial charge in [-0.3, -0.25) is 9.78 Å². The molecule has 0 fully saturated rings. The second-order valence-corrected chi connectivity index (χ2v) is 3.09. The molecule has 2 heteroatoms. The molecular weight excluding hydrogens is 174 g/mol. The van der Waals surface area contributed by atoms with Crippen molar-refractivity contribution in [2.45, 2.75) is 25.7 Å². The summed E-state index contributed by atoms with van der Waals surface area (Å²) < 4.78 is 0. The molecule has 0 aliphatic heterocycles. The van der Waals surface area contributed by atoms with Crippen LogP contribution in [0.5, 0.6) is 0 Å². The summed E-state index contributed by atoms with van der Waals surface area (Å²) >= 11 is 0. The summed E-state index contributed by atoms with van der Waals surface area (Å²) in [5.74, 6) is 2.73. The van der Waals surface area contributed by atoms with Crippen molar-refractivity contribution < 1.29 is 4.79 Å². The monoisotopic (exact) mass is 187 g/mol. The van der Waals surface area contributed by atoms with Crippen LogP contribution in [0.3, 0.4) is 0 Å². The summed E-state index contributed by atoms with van der Waals surface area (Å²) in [6.45, 7) is 0. The minimum Gasteiger partial charge on any atom is -0.299 e. The Balaban J connectivity index is 2.32. The summed E-state index contributed by atoms with van der Waals surface area (Å²) in [6.07, 6.45) is 9.22. The molecular formula is C12H13NO. The molecule has 0 amide bonds. The van der Waals surface area contributed by atoms with Crippen LogP contribution in [0, 0.1) is 12.3 Å².